The van der Waals surface area contributed by atoms with Crippen molar-refractivity contribution in [1.29, 1.82) is 0 Å². The maximum Gasteiger partial charge on any atom is 0.261 e. The molecule has 130 valence electrons. The third-order valence-corrected chi connectivity index (χ3v) is 4.59. The van der Waals surface area contributed by atoms with E-state index in [9.17, 15) is 9.59 Å². The first-order chi connectivity index (χ1) is 11.6. The van der Waals surface area contributed by atoms with Gasteiger partial charge in [-0.25, -0.2) is 4.90 Å². The van der Waals surface area contributed by atoms with Crippen LogP contribution in [0.2, 0.25) is 0 Å². The molecule has 0 saturated heterocycles. The zero-order chi connectivity index (χ0) is 17.4. The Hall–Kier alpha value is -1.90. The minimum Gasteiger partial charge on any atom is -0.269 e. The summed E-state index contributed by atoms with van der Waals surface area (Å²) < 4.78 is 0. The lowest BCUT2D eigenvalue weighted by Gasteiger charge is -2.15. The van der Waals surface area contributed by atoms with Gasteiger partial charge in [0, 0.05) is 11.6 Å². The van der Waals surface area contributed by atoms with E-state index in [0.29, 0.717) is 17.7 Å². The maximum absolute atomic E-state index is 12.5. The molecular weight excluding hydrogens is 298 g/mol. The van der Waals surface area contributed by atoms with Crippen LogP contribution in [-0.4, -0.2) is 11.8 Å². The SMILES string of the molecule is CCCCCCCCCCC1=CC(=O)N(c2ccc(C)cc2)C1=O. The number of carbonyl (C=O) groups excluding carboxylic acids is 2. The van der Waals surface area contributed by atoms with Gasteiger partial charge in [0.2, 0.25) is 0 Å². The van der Waals surface area contributed by atoms with Crippen LogP contribution in [0.4, 0.5) is 5.69 Å². The third kappa shape index (κ3) is 5.05. The van der Waals surface area contributed by atoms with E-state index in [4.69, 9.17) is 0 Å². The summed E-state index contributed by atoms with van der Waals surface area (Å²) in [6.45, 7) is 4.22. The lowest BCUT2D eigenvalue weighted by molar-refractivity contribution is -0.120. The molecule has 1 aliphatic heterocycles. The number of amides is 2. The molecule has 1 aliphatic rings. The molecule has 3 nitrogen and oxygen atoms in total. The zero-order valence-electron chi connectivity index (χ0n) is 15.0. The fraction of sp³-hybridized carbons (Fsp3) is 0.524. The molecule has 0 atom stereocenters. The van der Waals surface area contributed by atoms with E-state index in [0.717, 1.165) is 18.4 Å². The molecule has 0 aromatic heterocycles. The zero-order valence-corrected chi connectivity index (χ0v) is 15.0. The molecule has 3 heteroatoms. The number of unbranched alkanes of at least 4 members (excludes halogenated alkanes) is 7. The molecule has 2 rings (SSSR count). The number of hydrogen-bond donors (Lipinski definition) is 0. The lowest BCUT2D eigenvalue weighted by Crippen LogP contribution is -2.30. The molecule has 24 heavy (non-hydrogen) atoms. The van der Waals surface area contributed by atoms with Gasteiger partial charge in [0.05, 0.1) is 5.69 Å². The largest absolute Gasteiger partial charge is 0.269 e. The fourth-order valence-electron chi connectivity index (χ4n) is 3.09. The molecule has 0 unspecified atom stereocenters. The fourth-order valence-corrected chi connectivity index (χ4v) is 3.09. The van der Waals surface area contributed by atoms with Crippen molar-refractivity contribution >= 4 is 17.5 Å². The number of aryl methyl sites for hydroxylation is 1. The number of hydrogen-bond acceptors (Lipinski definition) is 2. The van der Waals surface area contributed by atoms with Crippen LogP contribution in [-0.2, 0) is 9.59 Å². The summed E-state index contributed by atoms with van der Waals surface area (Å²) in [6.07, 6.45) is 12.1. The van der Waals surface area contributed by atoms with Gasteiger partial charge < -0.3 is 0 Å². The Kier molecular flexibility index (Phi) is 7.23. The van der Waals surface area contributed by atoms with Gasteiger partial charge in [-0.05, 0) is 31.9 Å². The van der Waals surface area contributed by atoms with Gasteiger partial charge >= 0.3 is 0 Å². The molecular formula is C21H29NO2. The van der Waals surface area contributed by atoms with E-state index in [1.165, 1.54) is 49.5 Å². The van der Waals surface area contributed by atoms with E-state index in [1.54, 1.807) is 0 Å². The molecule has 2 amide bonds. The van der Waals surface area contributed by atoms with E-state index in [-0.39, 0.29) is 11.8 Å². The monoisotopic (exact) mass is 327 g/mol. The van der Waals surface area contributed by atoms with Crippen molar-refractivity contribution in [3.05, 3.63) is 41.5 Å². The highest BCUT2D eigenvalue weighted by molar-refractivity contribution is 6.30. The van der Waals surface area contributed by atoms with Crippen LogP contribution in [0.25, 0.3) is 0 Å². The van der Waals surface area contributed by atoms with Crippen LogP contribution in [0.3, 0.4) is 0 Å². The summed E-state index contributed by atoms with van der Waals surface area (Å²) in [5, 5.41) is 0. The molecule has 0 aliphatic carbocycles. The quantitative estimate of drug-likeness (QED) is 0.430. The molecule has 0 spiro atoms. The van der Waals surface area contributed by atoms with E-state index in [2.05, 4.69) is 6.92 Å². The summed E-state index contributed by atoms with van der Waals surface area (Å²) >= 11 is 0. The topological polar surface area (TPSA) is 37.4 Å². The Morgan fingerprint density at radius 1 is 0.833 bits per heavy atom. The molecule has 1 aromatic carbocycles. The van der Waals surface area contributed by atoms with Crippen LogP contribution >= 0.6 is 0 Å². The minimum absolute atomic E-state index is 0.146. The van der Waals surface area contributed by atoms with Crippen LogP contribution in [0.1, 0.15) is 70.3 Å². The number of nitrogens with zero attached hydrogens (tertiary/aromatic N) is 1. The van der Waals surface area contributed by atoms with Gasteiger partial charge in [0.1, 0.15) is 0 Å². The Labute approximate surface area is 145 Å². The highest BCUT2D eigenvalue weighted by Crippen LogP contribution is 2.25. The first kappa shape index (κ1) is 18.4. The molecule has 0 bridgehead atoms. The Bertz CT molecular complexity index is 586. The van der Waals surface area contributed by atoms with E-state index in [1.807, 2.05) is 31.2 Å². The van der Waals surface area contributed by atoms with Gasteiger partial charge in [-0.2, -0.15) is 0 Å². The smallest absolute Gasteiger partial charge is 0.261 e. The number of benzene rings is 1. The first-order valence-corrected chi connectivity index (χ1v) is 9.29. The van der Waals surface area contributed by atoms with Gasteiger partial charge in [-0.1, -0.05) is 69.6 Å². The molecule has 1 heterocycles. The average Bonchev–Trinajstić information content (AvgIpc) is 2.85. The highest BCUT2D eigenvalue weighted by Gasteiger charge is 2.31. The second kappa shape index (κ2) is 9.41. The minimum atomic E-state index is -0.210. The van der Waals surface area contributed by atoms with Gasteiger partial charge in [0.15, 0.2) is 0 Å². The van der Waals surface area contributed by atoms with Crippen molar-refractivity contribution in [2.75, 3.05) is 4.90 Å². The normalized spacial score (nSPS) is 14.4. The van der Waals surface area contributed by atoms with Crippen LogP contribution in [0.5, 0.6) is 0 Å². The van der Waals surface area contributed by atoms with Crippen molar-refractivity contribution in [2.45, 2.75) is 71.6 Å². The molecule has 0 radical (unpaired) electrons. The molecule has 0 saturated carbocycles. The maximum atomic E-state index is 12.5. The summed E-state index contributed by atoms with van der Waals surface area (Å²) in [5.41, 5.74) is 2.44. The Morgan fingerprint density at radius 2 is 1.42 bits per heavy atom. The summed E-state index contributed by atoms with van der Waals surface area (Å²) in [4.78, 5) is 25.9. The average molecular weight is 327 g/mol. The van der Waals surface area contributed by atoms with Crippen LogP contribution in [0, 0.1) is 6.92 Å². The van der Waals surface area contributed by atoms with Crippen LogP contribution < -0.4 is 4.90 Å². The second-order valence-electron chi connectivity index (χ2n) is 6.71. The summed E-state index contributed by atoms with van der Waals surface area (Å²) in [5.74, 6) is -0.356. The second-order valence-corrected chi connectivity index (χ2v) is 6.71. The Balaban J connectivity index is 1.75. The number of rotatable bonds is 10. The van der Waals surface area contributed by atoms with Gasteiger partial charge in [-0.3, -0.25) is 9.59 Å². The summed E-state index contributed by atoms with van der Waals surface area (Å²) in [7, 11) is 0. The highest BCUT2D eigenvalue weighted by atomic mass is 16.2. The standard InChI is InChI=1S/C21H29NO2/c1-3-4-5-6-7-8-9-10-11-18-16-20(23)22(21(18)24)19-14-12-17(2)13-15-19/h12-16H,3-11H2,1-2H3. The van der Waals surface area contributed by atoms with Gasteiger partial charge in [0.25, 0.3) is 11.8 Å². The van der Waals surface area contributed by atoms with E-state index < -0.39 is 0 Å². The van der Waals surface area contributed by atoms with Crippen LogP contribution in [0.15, 0.2) is 35.9 Å². The predicted octanol–water partition coefficient (Wildman–Crippen LogP) is 5.33. The van der Waals surface area contributed by atoms with Crippen molar-refractivity contribution in [1.82, 2.24) is 0 Å². The van der Waals surface area contributed by atoms with Gasteiger partial charge in [-0.15, -0.1) is 0 Å². The van der Waals surface area contributed by atoms with Crippen molar-refractivity contribution in [3.8, 4) is 0 Å². The number of carbonyl (C=O) groups is 2. The lowest BCUT2D eigenvalue weighted by atomic mass is 10.0. The van der Waals surface area contributed by atoms with Crippen molar-refractivity contribution < 1.29 is 9.59 Å². The molecule has 0 N–H and O–H groups in total. The predicted molar refractivity (Wildman–Crippen MR) is 99.0 cm³/mol. The van der Waals surface area contributed by atoms with E-state index >= 15 is 0 Å². The molecule has 1 aromatic rings. The third-order valence-electron chi connectivity index (χ3n) is 4.59. The first-order valence-electron chi connectivity index (χ1n) is 9.29. The summed E-state index contributed by atoms with van der Waals surface area (Å²) in [6, 6.07) is 7.51. The van der Waals surface area contributed by atoms with Crippen molar-refractivity contribution in [3.63, 3.8) is 0 Å². The molecule has 0 fully saturated rings. The van der Waals surface area contributed by atoms with Crippen molar-refractivity contribution in [2.24, 2.45) is 0 Å². The Morgan fingerprint density at radius 3 is 2.04 bits per heavy atom. The number of imide groups is 1. The number of anilines is 1.